The maximum absolute atomic E-state index is 10.5. The minimum Gasteiger partial charge on any atom is -0.504 e. The van der Waals surface area contributed by atoms with E-state index in [0.717, 1.165) is 21.8 Å². The lowest BCUT2D eigenvalue weighted by Crippen LogP contribution is -2.02. The fourth-order valence-corrected chi connectivity index (χ4v) is 2.04. The predicted molar refractivity (Wildman–Crippen MR) is 66.1 cm³/mol. The fourth-order valence-electron chi connectivity index (χ4n) is 2.04. The van der Waals surface area contributed by atoms with E-state index in [9.17, 15) is 9.90 Å². The molecule has 0 fully saturated rings. The van der Waals surface area contributed by atoms with Gasteiger partial charge in [-0.1, -0.05) is 18.2 Å². The van der Waals surface area contributed by atoms with Crippen molar-refractivity contribution in [2.75, 3.05) is 0 Å². The molecule has 0 unspecified atom stereocenters. The van der Waals surface area contributed by atoms with Crippen molar-refractivity contribution in [1.82, 2.24) is 4.98 Å². The number of fused-ring (bicyclic) bond motifs is 3. The van der Waals surface area contributed by atoms with Gasteiger partial charge in [-0.3, -0.25) is 0 Å². The summed E-state index contributed by atoms with van der Waals surface area (Å²) >= 11 is 0. The highest BCUT2D eigenvalue weighted by Gasteiger charge is 2.12. The maximum Gasteiger partial charge on any atom is 0.511 e. The number of aromatic nitrogens is 1. The lowest BCUT2D eigenvalue weighted by Gasteiger charge is -2.02. The smallest absolute Gasteiger partial charge is 0.504 e. The zero-order valence-corrected chi connectivity index (χ0v) is 9.18. The van der Waals surface area contributed by atoms with Crippen LogP contribution in [0.5, 0.6) is 11.5 Å². The minimum absolute atomic E-state index is 0.0697. The number of aromatic amines is 1. The molecule has 0 saturated carbocycles. The Labute approximate surface area is 101 Å². The lowest BCUT2D eigenvalue weighted by atomic mass is 10.1. The van der Waals surface area contributed by atoms with Gasteiger partial charge in [-0.25, -0.2) is 4.79 Å². The number of nitrogens with one attached hydrogen (secondary N) is 1. The van der Waals surface area contributed by atoms with Gasteiger partial charge in [0.25, 0.3) is 0 Å². The van der Waals surface area contributed by atoms with E-state index in [1.165, 1.54) is 12.1 Å². The number of carboxylic acid groups (broad SMARTS) is 1. The van der Waals surface area contributed by atoms with E-state index in [4.69, 9.17) is 5.11 Å². The molecule has 0 saturated heterocycles. The summed E-state index contributed by atoms with van der Waals surface area (Å²) in [6.45, 7) is 0. The molecule has 3 N–H and O–H groups in total. The number of hydrogen-bond acceptors (Lipinski definition) is 3. The summed E-state index contributed by atoms with van der Waals surface area (Å²) in [7, 11) is 0. The molecule has 0 atom stereocenters. The molecule has 0 bridgehead atoms. The second-order valence-corrected chi connectivity index (χ2v) is 3.90. The molecular weight excluding hydrogens is 234 g/mol. The van der Waals surface area contributed by atoms with E-state index in [-0.39, 0.29) is 11.5 Å². The van der Waals surface area contributed by atoms with E-state index in [2.05, 4.69) is 9.72 Å². The zero-order chi connectivity index (χ0) is 12.7. The van der Waals surface area contributed by atoms with Crippen molar-refractivity contribution in [1.29, 1.82) is 0 Å². The van der Waals surface area contributed by atoms with Crippen molar-refractivity contribution in [2.24, 2.45) is 0 Å². The Morgan fingerprint density at radius 2 is 1.89 bits per heavy atom. The fraction of sp³-hybridized carbons (Fsp3) is 0. The summed E-state index contributed by atoms with van der Waals surface area (Å²) < 4.78 is 4.52. The molecule has 0 aliphatic rings. The molecule has 0 aliphatic carbocycles. The molecule has 5 nitrogen and oxygen atoms in total. The summed E-state index contributed by atoms with van der Waals surface area (Å²) in [6, 6.07) is 10.6. The summed E-state index contributed by atoms with van der Waals surface area (Å²) in [5.41, 5.74) is 1.64. The molecule has 0 aliphatic heterocycles. The van der Waals surface area contributed by atoms with Gasteiger partial charge in [0.1, 0.15) is 0 Å². The van der Waals surface area contributed by atoms with Gasteiger partial charge >= 0.3 is 6.16 Å². The quantitative estimate of drug-likeness (QED) is 0.453. The van der Waals surface area contributed by atoms with Gasteiger partial charge in [0, 0.05) is 22.4 Å². The van der Waals surface area contributed by atoms with Crippen LogP contribution >= 0.6 is 0 Å². The molecule has 3 aromatic rings. The van der Waals surface area contributed by atoms with Gasteiger partial charge in [-0.05, 0) is 12.1 Å². The van der Waals surface area contributed by atoms with Gasteiger partial charge in [-0.2, -0.15) is 0 Å². The zero-order valence-electron chi connectivity index (χ0n) is 9.18. The Balaban J connectivity index is 2.31. The van der Waals surface area contributed by atoms with Crippen LogP contribution in [0.4, 0.5) is 4.79 Å². The van der Waals surface area contributed by atoms with Crippen LogP contribution in [0.15, 0.2) is 36.4 Å². The number of phenols is 1. The summed E-state index contributed by atoms with van der Waals surface area (Å²) in [4.78, 5) is 13.7. The molecule has 1 aromatic heterocycles. The molecule has 18 heavy (non-hydrogen) atoms. The van der Waals surface area contributed by atoms with Crippen molar-refractivity contribution in [3.63, 3.8) is 0 Å². The number of benzene rings is 2. The van der Waals surface area contributed by atoms with Crippen molar-refractivity contribution in [3.8, 4) is 11.5 Å². The first-order valence-electron chi connectivity index (χ1n) is 5.29. The van der Waals surface area contributed by atoms with Crippen LogP contribution in [0.3, 0.4) is 0 Å². The Kier molecular flexibility index (Phi) is 2.13. The maximum atomic E-state index is 10.5. The van der Waals surface area contributed by atoms with Crippen LogP contribution < -0.4 is 4.74 Å². The summed E-state index contributed by atoms with van der Waals surface area (Å²) in [6.07, 6.45) is -1.45. The second kappa shape index (κ2) is 3.66. The van der Waals surface area contributed by atoms with Crippen molar-refractivity contribution in [3.05, 3.63) is 36.4 Å². The van der Waals surface area contributed by atoms with Crippen molar-refractivity contribution >= 4 is 28.0 Å². The molecule has 0 radical (unpaired) electrons. The van der Waals surface area contributed by atoms with Gasteiger partial charge in [0.15, 0.2) is 11.5 Å². The van der Waals surface area contributed by atoms with E-state index >= 15 is 0 Å². The van der Waals surface area contributed by atoms with Crippen LogP contribution in [0.25, 0.3) is 21.8 Å². The van der Waals surface area contributed by atoms with E-state index in [1.54, 1.807) is 0 Å². The predicted octanol–water partition coefficient (Wildman–Crippen LogP) is 3.08. The van der Waals surface area contributed by atoms with E-state index in [0.29, 0.717) is 0 Å². The molecule has 3 rings (SSSR count). The third-order valence-corrected chi connectivity index (χ3v) is 2.78. The molecule has 2 aromatic carbocycles. The highest BCUT2D eigenvalue weighted by molar-refractivity contribution is 6.08. The SMILES string of the molecule is O=C(O)Oc1cc2c(cc1O)[nH]c1ccccc12. The van der Waals surface area contributed by atoms with E-state index < -0.39 is 6.16 Å². The average molecular weight is 243 g/mol. The minimum atomic E-state index is -1.45. The Bertz CT molecular complexity index is 760. The topological polar surface area (TPSA) is 82.6 Å². The van der Waals surface area contributed by atoms with Crippen LogP contribution in [-0.4, -0.2) is 21.4 Å². The number of hydrogen-bond donors (Lipinski definition) is 3. The highest BCUT2D eigenvalue weighted by Crippen LogP contribution is 2.35. The Morgan fingerprint density at radius 1 is 1.11 bits per heavy atom. The average Bonchev–Trinajstić information content (AvgIpc) is 2.66. The number of carbonyl (C=O) groups is 1. The summed E-state index contributed by atoms with van der Waals surface area (Å²) in [5, 5.41) is 20.0. The molecule has 1 heterocycles. The van der Waals surface area contributed by atoms with Crippen LogP contribution in [-0.2, 0) is 0 Å². The van der Waals surface area contributed by atoms with Gasteiger partial charge < -0.3 is 19.9 Å². The highest BCUT2D eigenvalue weighted by atomic mass is 16.7. The third-order valence-electron chi connectivity index (χ3n) is 2.78. The Morgan fingerprint density at radius 3 is 2.67 bits per heavy atom. The first kappa shape index (κ1) is 10.5. The number of ether oxygens (including phenoxy) is 1. The number of H-pyrrole nitrogens is 1. The van der Waals surface area contributed by atoms with Crippen molar-refractivity contribution < 1.29 is 19.7 Å². The summed E-state index contributed by atoms with van der Waals surface area (Å²) in [5.74, 6) is -0.281. The second-order valence-electron chi connectivity index (χ2n) is 3.90. The first-order chi connectivity index (χ1) is 8.65. The first-order valence-corrected chi connectivity index (χ1v) is 5.29. The lowest BCUT2D eigenvalue weighted by molar-refractivity contribution is 0.143. The molecule has 0 spiro atoms. The molecule has 5 heteroatoms. The monoisotopic (exact) mass is 243 g/mol. The largest absolute Gasteiger partial charge is 0.511 e. The molecule has 0 amide bonds. The van der Waals surface area contributed by atoms with E-state index in [1.807, 2.05) is 24.3 Å². The number of aromatic hydroxyl groups is 1. The van der Waals surface area contributed by atoms with Gasteiger partial charge in [-0.15, -0.1) is 0 Å². The number of rotatable bonds is 1. The van der Waals surface area contributed by atoms with Crippen LogP contribution in [0.1, 0.15) is 0 Å². The molecular formula is C13H9NO4. The van der Waals surface area contributed by atoms with Gasteiger partial charge in [0.2, 0.25) is 0 Å². The van der Waals surface area contributed by atoms with Gasteiger partial charge in [0.05, 0.1) is 5.52 Å². The Hall–Kier alpha value is -2.69. The number of phenolic OH excluding ortho intramolecular Hbond substituents is 1. The van der Waals surface area contributed by atoms with Crippen LogP contribution in [0, 0.1) is 0 Å². The van der Waals surface area contributed by atoms with Crippen LogP contribution in [0.2, 0.25) is 0 Å². The standard InChI is InChI=1S/C13H9NO4/c15-11-6-10-8(5-12(11)18-13(16)17)7-3-1-2-4-9(7)14-10/h1-6,14-15H,(H,16,17). The number of para-hydroxylation sites is 1. The third kappa shape index (κ3) is 1.53. The normalized spacial score (nSPS) is 10.9. The molecule has 90 valence electrons. The van der Waals surface area contributed by atoms with Crippen molar-refractivity contribution in [2.45, 2.75) is 0 Å².